The van der Waals surface area contributed by atoms with E-state index in [1.807, 2.05) is 0 Å². The molecule has 2 heterocycles. The zero-order valence-electron chi connectivity index (χ0n) is 15.7. The number of hydrogen-bond acceptors (Lipinski definition) is 5. The molecule has 1 aliphatic heterocycles. The van der Waals surface area contributed by atoms with Crippen molar-refractivity contribution in [2.75, 3.05) is 11.9 Å². The van der Waals surface area contributed by atoms with Crippen LogP contribution in [0.3, 0.4) is 0 Å². The first-order chi connectivity index (χ1) is 14.3. The highest BCUT2D eigenvalue weighted by atomic mass is 35.5. The number of sulfonamides is 1. The van der Waals surface area contributed by atoms with Gasteiger partial charge in [-0.05, 0) is 49.2 Å². The van der Waals surface area contributed by atoms with E-state index in [0.29, 0.717) is 28.8 Å². The molecule has 8 nitrogen and oxygen atoms in total. The summed E-state index contributed by atoms with van der Waals surface area (Å²) >= 11 is 5.85. The van der Waals surface area contributed by atoms with E-state index in [2.05, 4.69) is 5.32 Å². The van der Waals surface area contributed by atoms with Gasteiger partial charge in [0.15, 0.2) is 0 Å². The largest absolute Gasteiger partial charge is 0.449 e. The molecule has 4 rings (SSSR count). The first-order valence-electron chi connectivity index (χ1n) is 9.18. The Balaban J connectivity index is 1.65. The maximum Gasteiger partial charge on any atom is 0.286 e. The topological polar surface area (TPSA) is 123 Å². The van der Waals surface area contributed by atoms with Crippen LogP contribution >= 0.6 is 11.6 Å². The fraction of sp³-hybridized carbons (Fsp3) is 0.200. The number of amides is 2. The number of furan rings is 1. The molecule has 3 N–H and O–H groups in total. The van der Waals surface area contributed by atoms with Gasteiger partial charge in [0.25, 0.3) is 5.91 Å². The van der Waals surface area contributed by atoms with E-state index in [4.69, 9.17) is 21.8 Å². The van der Waals surface area contributed by atoms with Gasteiger partial charge in [0.05, 0.1) is 4.90 Å². The number of para-hydroxylation sites is 1. The van der Waals surface area contributed by atoms with Crippen molar-refractivity contribution in [2.24, 2.45) is 5.73 Å². The van der Waals surface area contributed by atoms with Crippen molar-refractivity contribution in [3.05, 3.63) is 59.3 Å². The van der Waals surface area contributed by atoms with Crippen LogP contribution in [-0.4, -0.2) is 37.1 Å². The summed E-state index contributed by atoms with van der Waals surface area (Å²) in [7, 11) is -3.90. The molecule has 1 fully saturated rings. The third-order valence-corrected chi connectivity index (χ3v) is 7.17. The Kier molecular flexibility index (Phi) is 5.27. The second-order valence-electron chi connectivity index (χ2n) is 6.88. The van der Waals surface area contributed by atoms with E-state index in [-0.39, 0.29) is 22.9 Å². The second kappa shape index (κ2) is 7.75. The second-order valence-corrected chi connectivity index (χ2v) is 9.21. The van der Waals surface area contributed by atoms with Crippen molar-refractivity contribution in [1.29, 1.82) is 0 Å². The number of nitrogens with zero attached hydrogens (tertiary/aromatic N) is 1. The van der Waals surface area contributed by atoms with E-state index in [9.17, 15) is 18.0 Å². The fourth-order valence-electron chi connectivity index (χ4n) is 3.58. The maximum absolute atomic E-state index is 13.1. The van der Waals surface area contributed by atoms with Gasteiger partial charge in [0, 0.05) is 17.0 Å². The fourth-order valence-corrected chi connectivity index (χ4v) is 5.36. The Morgan fingerprint density at radius 1 is 1.13 bits per heavy atom. The Labute approximate surface area is 177 Å². The monoisotopic (exact) mass is 447 g/mol. The highest BCUT2D eigenvalue weighted by Crippen LogP contribution is 2.32. The highest BCUT2D eigenvalue weighted by molar-refractivity contribution is 7.89. The Bertz CT molecular complexity index is 1240. The average molecular weight is 448 g/mol. The van der Waals surface area contributed by atoms with E-state index >= 15 is 0 Å². The van der Waals surface area contributed by atoms with Gasteiger partial charge < -0.3 is 15.5 Å². The summed E-state index contributed by atoms with van der Waals surface area (Å²) in [6.45, 7) is 0.206. The van der Waals surface area contributed by atoms with Gasteiger partial charge in [-0.1, -0.05) is 23.7 Å². The lowest BCUT2D eigenvalue weighted by Gasteiger charge is -2.23. The van der Waals surface area contributed by atoms with Gasteiger partial charge >= 0.3 is 0 Å². The number of halogens is 1. The van der Waals surface area contributed by atoms with Crippen LogP contribution < -0.4 is 11.1 Å². The summed E-state index contributed by atoms with van der Waals surface area (Å²) in [5.74, 6) is -1.58. The van der Waals surface area contributed by atoms with Crippen LogP contribution in [0.1, 0.15) is 23.4 Å². The highest BCUT2D eigenvalue weighted by Gasteiger charge is 2.40. The molecular weight excluding hydrogens is 430 g/mol. The molecule has 2 amide bonds. The number of rotatable bonds is 5. The van der Waals surface area contributed by atoms with Crippen LogP contribution in [0.15, 0.2) is 57.8 Å². The number of fused-ring (bicyclic) bond motifs is 1. The number of nitrogens with one attached hydrogen (secondary N) is 1. The molecule has 1 aromatic heterocycles. The average Bonchev–Trinajstić information content (AvgIpc) is 3.34. The van der Waals surface area contributed by atoms with E-state index in [0.717, 1.165) is 4.31 Å². The summed E-state index contributed by atoms with van der Waals surface area (Å²) in [6.07, 6.45) is 0.875. The normalized spacial score (nSPS) is 17.3. The molecule has 0 aliphatic carbocycles. The van der Waals surface area contributed by atoms with Gasteiger partial charge in [-0.3, -0.25) is 9.59 Å². The van der Waals surface area contributed by atoms with Crippen molar-refractivity contribution in [2.45, 2.75) is 23.8 Å². The number of hydrogen-bond donors (Lipinski definition) is 2. The van der Waals surface area contributed by atoms with Crippen molar-refractivity contribution < 1.29 is 22.4 Å². The molecule has 0 saturated carbocycles. The molecule has 30 heavy (non-hydrogen) atoms. The molecule has 1 aliphatic rings. The van der Waals surface area contributed by atoms with Gasteiger partial charge in [-0.25, -0.2) is 8.42 Å². The zero-order valence-corrected chi connectivity index (χ0v) is 17.2. The molecule has 1 saturated heterocycles. The van der Waals surface area contributed by atoms with Crippen molar-refractivity contribution >= 4 is 50.1 Å². The Hall–Kier alpha value is -2.88. The summed E-state index contributed by atoms with van der Waals surface area (Å²) in [5, 5.41) is 3.58. The first kappa shape index (κ1) is 20.4. The summed E-state index contributed by atoms with van der Waals surface area (Å²) in [5.41, 5.74) is 5.92. The SMILES string of the molecule is NC(=O)c1oc2ccccc2c1NC(=O)[C@@H]1CCCN1S(=O)(=O)c1ccc(Cl)cc1. The van der Waals surface area contributed by atoms with Crippen molar-refractivity contribution in [3.8, 4) is 0 Å². The van der Waals surface area contributed by atoms with Crippen LogP contribution in [0.2, 0.25) is 5.02 Å². The van der Waals surface area contributed by atoms with Gasteiger partial charge in [0.1, 0.15) is 17.3 Å². The minimum Gasteiger partial charge on any atom is -0.449 e. The summed E-state index contributed by atoms with van der Waals surface area (Å²) in [6, 6.07) is 11.6. The number of carbonyl (C=O) groups is 2. The van der Waals surface area contributed by atoms with Crippen molar-refractivity contribution in [1.82, 2.24) is 4.31 Å². The molecule has 3 aromatic rings. The number of benzene rings is 2. The third kappa shape index (κ3) is 3.55. The number of nitrogens with two attached hydrogens (primary N) is 1. The number of primary amides is 1. The van der Waals surface area contributed by atoms with Crippen LogP contribution in [0, 0.1) is 0 Å². The van der Waals surface area contributed by atoms with Crippen LogP contribution in [0.25, 0.3) is 11.0 Å². The lowest BCUT2D eigenvalue weighted by atomic mass is 10.2. The van der Waals surface area contributed by atoms with E-state index in [1.54, 1.807) is 24.3 Å². The predicted molar refractivity (Wildman–Crippen MR) is 112 cm³/mol. The molecule has 0 radical (unpaired) electrons. The minimum atomic E-state index is -3.90. The third-order valence-electron chi connectivity index (χ3n) is 4.99. The molecule has 0 spiro atoms. The zero-order chi connectivity index (χ0) is 21.5. The molecule has 10 heteroatoms. The standard InChI is InChI=1S/C20H18ClN3O5S/c21-12-7-9-13(10-8-12)30(27,28)24-11-3-5-15(24)20(26)23-17-14-4-1-2-6-16(14)29-18(17)19(22)25/h1-2,4,6-10,15H,3,5,11H2,(H2,22,25)(H,23,26)/t15-/m0/s1. The number of anilines is 1. The maximum atomic E-state index is 13.1. The summed E-state index contributed by atoms with van der Waals surface area (Å²) in [4.78, 5) is 24.9. The molecule has 2 aromatic carbocycles. The molecule has 1 atom stereocenters. The van der Waals surface area contributed by atoms with Crippen molar-refractivity contribution in [3.63, 3.8) is 0 Å². The van der Waals surface area contributed by atoms with Crippen LogP contribution in [-0.2, 0) is 14.8 Å². The summed E-state index contributed by atoms with van der Waals surface area (Å²) < 4.78 is 32.8. The Morgan fingerprint density at radius 2 is 1.83 bits per heavy atom. The van der Waals surface area contributed by atoms with Gasteiger partial charge in [-0.2, -0.15) is 4.31 Å². The molecule has 0 unspecified atom stereocenters. The molecule has 0 bridgehead atoms. The van der Waals surface area contributed by atoms with Crippen LogP contribution in [0.5, 0.6) is 0 Å². The molecular formula is C20H18ClN3O5S. The smallest absolute Gasteiger partial charge is 0.286 e. The van der Waals surface area contributed by atoms with Gasteiger partial charge in [-0.15, -0.1) is 0 Å². The quantitative estimate of drug-likeness (QED) is 0.622. The van der Waals surface area contributed by atoms with E-state index < -0.39 is 27.9 Å². The Morgan fingerprint density at radius 3 is 2.53 bits per heavy atom. The first-order valence-corrected chi connectivity index (χ1v) is 11.0. The van der Waals surface area contributed by atoms with Gasteiger partial charge in [0.2, 0.25) is 21.7 Å². The lowest BCUT2D eigenvalue weighted by Crippen LogP contribution is -2.43. The molecule has 156 valence electrons. The number of carbonyl (C=O) groups excluding carboxylic acids is 2. The minimum absolute atomic E-state index is 0.0539. The van der Waals surface area contributed by atoms with Crippen LogP contribution in [0.4, 0.5) is 5.69 Å². The predicted octanol–water partition coefficient (Wildman–Crippen LogP) is 2.98. The van der Waals surface area contributed by atoms with E-state index in [1.165, 1.54) is 24.3 Å². The lowest BCUT2D eigenvalue weighted by molar-refractivity contribution is -0.119.